The lowest BCUT2D eigenvalue weighted by molar-refractivity contribution is 0.0663. The van der Waals surface area contributed by atoms with Crippen molar-refractivity contribution in [2.45, 2.75) is 26.0 Å². The second-order valence-corrected chi connectivity index (χ2v) is 5.23. The maximum absolute atomic E-state index is 11.8. The number of hydrogen-bond acceptors (Lipinski definition) is 3. The summed E-state index contributed by atoms with van der Waals surface area (Å²) in [6, 6.07) is 7.52. The van der Waals surface area contributed by atoms with Gasteiger partial charge in [0.2, 0.25) is 0 Å². The quantitative estimate of drug-likeness (QED) is 0.734. The fraction of sp³-hybridized carbons (Fsp3) is 0.438. The molecule has 3 N–H and O–H groups in total. The fourth-order valence-electron chi connectivity index (χ4n) is 2.33. The van der Waals surface area contributed by atoms with Gasteiger partial charge in [-0.05, 0) is 30.0 Å². The Balaban J connectivity index is 1.98. The van der Waals surface area contributed by atoms with Gasteiger partial charge in [-0.15, -0.1) is 0 Å². The number of aromatic nitrogens is 1. The van der Waals surface area contributed by atoms with Crippen molar-refractivity contribution in [2.75, 3.05) is 25.6 Å². The van der Waals surface area contributed by atoms with Crippen molar-refractivity contribution < 1.29 is 14.6 Å². The molecule has 120 valence electrons. The third-order valence-electron chi connectivity index (χ3n) is 3.35. The van der Waals surface area contributed by atoms with Gasteiger partial charge in [-0.25, -0.2) is 4.79 Å². The molecule has 6 nitrogen and oxygen atoms in total. The maximum Gasteiger partial charge on any atom is 0.319 e. The Morgan fingerprint density at radius 3 is 2.95 bits per heavy atom. The summed E-state index contributed by atoms with van der Waals surface area (Å²) in [7, 11) is 1.50. The van der Waals surface area contributed by atoms with Crippen LogP contribution in [0.4, 0.5) is 10.5 Å². The molecule has 1 aromatic heterocycles. The number of aryl methyl sites for hydroxylation is 1. The van der Waals surface area contributed by atoms with E-state index >= 15 is 0 Å². The molecule has 0 aliphatic carbocycles. The number of ether oxygens (including phenoxy) is 1. The highest BCUT2D eigenvalue weighted by Gasteiger charge is 2.08. The topological polar surface area (TPSA) is 75.5 Å². The number of urea groups is 1. The van der Waals surface area contributed by atoms with E-state index < -0.39 is 6.10 Å². The van der Waals surface area contributed by atoms with Crippen LogP contribution in [0.1, 0.15) is 13.3 Å². The number of benzene rings is 1. The van der Waals surface area contributed by atoms with Gasteiger partial charge < -0.3 is 25.0 Å². The van der Waals surface area contributed by atoms with E-state index in [1.807, 2.05) is 18.2 Å². The molecule has 22 heavy (non-hydrogen) atoms. The van der Waals surface area contributed by atoms with Gasteiger partial charge >= 0.3 is 6.03 Å². The first-order chi connectivity index (χ1) is 10.6. The lowest BCUT2D eigenvalue weighted by Gasteiger charge is -2.12. The van der Waals surface area contributed by atoms with Crippen molar-refractivity contribution in [3.63, 3.8) is 0 Å². The van der Waals surface area contributed by atoms with E-state index in [1.54, 1.807) is 0 Å². The smallest absolute Gasteiger partial charge is 0.319 e. The van der Waals surface area contributed by atoms with Crippen molar-refractivity contribution in [1.82, 2.24) is 9.88 Å². The van der Waals surface area contributed by atoms with Crippen LogP contribution in [-0.4, -0.2) is 42.1 Å². The van der Waals surface area contributed by atoms with Crippen LogP contribution in [-0.2, 0) is 11.3 Å². The van der Waals surface area contributed by atoms with Crippen LogP contribution in [0, 0.1) is 0 Å². The number of nitrogens with zero attached hydrogens (tertiary/aromatic N) is 1. The zero-order valence-corrected chi connectivity index (χ0v) is 13.0. The molecule has 1 heterocycles. The molecule has 0 saturated carbocycles. The molecule has 1 aromatic carbocycles. The highest BCUT2D eigenvalue weighted by molar-refractivity contribution is 5.92. The van der Waals surface area contributed by atoms with Crippen LogP contribution < -0.4 is 10.6 Å². The number of fused-ring (bicyclic) bond motifs is 1. The van der Waals surface area contributed by atoms with Gasteiger partial charge in [0.1, 0.15) is 0 Å². The molecular formula is C16H23N3O3. The number of hydrogen-bond donors (Lipinski definition) is 3. The van der Waals surface area contributed by atoms with Gasteiger partial charge in [-0.1, -0.05) is 13.0 Å². The van der Waals surface area contributed by atoms with Crippen molar-refractivity contribution >= 4 is 22.6 Å². The first-order valence-corrected chi connectivity index (χ1v) is 7.44. The zero-order chi connectivity index (χ0) is 15.9. The molecule has 1 unspecified atom stereocenters. The van der Waals surface area contributed by atoms with E-state index in [4.69, 9.17) is 4.74 Å². The zero-order valence-electron chi connectivity index (χ0n) is 13.0. The average molecular weight is 305 g/mol. The van der Waals surface area contributed by atoms with E-state index in [0.717, 1.165) is 29.6 Å². The van der Waals surface area contributed by atoms with Crippen LogP contribution in [0.25, 0.3) is 10.9 Å². The van der Waals surface area contributed by atoms with E-state index in [9.17, 15) is 9.90 Å². The summed E-state index contributed by atoms with van der Waals surface area (Å²) < 4.78 is 6.97. The van der Waals surface area contributed by atoms with E-state index in [1.165, 1.54) is 7.11 Å². The number of methoxy groups -OCH3 is 1. The van der Waals surface area contributed by atoms with E-state index in [2.05, 4.69) is 34.4 Å². The molecule has 0 saturated heterocycles. The average Bonchev–Trinajstić information content (AvgIpc) is 2.89. The minimum absolute atomic E-state index is 0.147. The molecule has 2 rings (SSSR count). The van der Waals surface area contributed by atoms with Crippen molar-refractivity contribution in [3.8, 4) is 0 Å². The number of anilines is 1. The van der Waals surface area contributed by atoms with Crippen molar-refractivity contribution in [1.29, 1.82) is 0 Å². The predicted octanol–water partition coefficient (Wildman–Crippen LogP) is 2.18. The second kappa shape index (κ2) is 7.82. The van der Waals surface area contributed by atoms with Gasteiger partial charge in [-0.2, -0.15) is 0 Å². The van der Waals surface area contributed by atoms with Gasteiger partial charge in [0, 0.05) is 32.1 Å². The summed E-state index contributed by atoms with van der Waals surface area (Å²) in [6.07, 6.45) is 2.40. The first kappa shape index (κ1) is 16.3. The summed E-state index contributed by atoms with van der Waals surface area (Å²) in [5.74, 6) is 0. The van der Waals surface area contributed by atoms with Crippen LogP contribution in [0.2, 0.25) is 0 Å². The van der Waals surface area contributed by atoms with Crippen molar-refractivity contribution in [2.24, 2.45) is 0 Å². The van der Waals surface area contributed by atoms with Crippen LogP contribution in [0.5, 0.6) is 0 Å². The highest BCUT2D eigenvalue weighted by atomic mass is 16.5. The van der Waals surface area contributed by atoms with Gasteiger partial charge in [0.05, 0.1) is 18.2 Å². The van der Waals surface area contributed by atoms with Crippen molar-refractivity contribution in [3.05, 3.63) is 30.5 Å². The molecule has 0 radical (unpaired) electrons. The highest BCUT2D eigenvalue weighted by Crippen LogP contribution is 2.20. The Labute approximate surface area is 130 Å². The number of aliphatic hydroxyl groups excluding tert-OH is 1. The molecule has 0 aliphatic rings. The third kappa shape index (κ3) is 4.22. The second-order valence-electron chi connectivity index (χ2n) is 5.23. The Morgan fingerprint density at radius 2 is 2.23 bits per heavy atom. The summed E-state index contributed by atoms with van der Waals surface area (Å²) >= 11 is 0. The molecule has 2 aromatic rings. The number of amides is 2. The molecule has 0 bridgehead atoms. The van der Waals surface area contributed by atoms with Crippen LogP contribution >= 0.6 is 0 Å². The third-order valence-corrected chi connectivity index (χ3v) is 3.35. The fourth-order valence-corrected chi connectivity index (χ4v) is 2.33. The Morgan fingerprint density at radius 1 is 1.41 bits per heavy atom. The molecule has 0 spiro atoms. The number of carbonyl (C=O) groups is 1. The number of carbonyl (C=O) groups excluding carboxylic acids is 1. The largest absolute Gasteiger partial charge is 0.389 e. The Kier molecular flexibility index (Phi) is 5.80. The number of aliphatic hydroxyl groups is 1. The Bertz CT molecular complexity index is 624. The lowest BCUT2D eigenvalue weighted by atomic mass is 10.2. The van der Waals surface area contributed by atoms with Gasteiger partial charge in [0.15, 0.2) is 0 Å². The molecule has 0 aliphatic heterocycles. The Hall–Kier alpha value is -2.05. The summed E-state index contributed by atoms with van der Waals surface area (Å²) in [5.41, 5.74) is 1.82. The SMILES string of the molecule is CCCn1ccc2ccc(NC(=O)NCC(O)COC)cc21. The van der Waals surface area contributed by atoms with Gasteiger partial charge in [0.25, 0.3) is 0 Å². The first-order valence-electron chi connectivity index (χ1n) is 7.44. The van der Waals surface area contributed by atoms with Crippen LogP contribution in [0.15, 0.2) is 30.5 Å². The monoisotopic (exact) mass is 305 g/mol. The maximum atomic E-state index is 11.8. The minimum Gasteiger partial charge on any atom is -0.389 e. The number of nitrogens with one attached hydrogen (secondary N) is 2. The summed E-state index contributed by atoms with van der Waals surface area (Å²) in [4.78, 5) is 11.8. The summed E-state index contributed by atoms with van der Waals surface area (Å²) in [5, 5.41) is 16.0. The predicted molar refractivity (Wildman–Crippen MR) is 87.1 cm³/mol. The van der Waals surface area contributed by atoms with Crippen LogP contribution in [0.3, 0.4) is 0 Å². The molecule has 2 amide bonds. The number of rotatable bonds is 7. The molecule has 0 fully saturated rings. The lowest BCUT2D eigenvalue weighted by Crippen LogP contribution is -2.36. The standard InChI is InChI=1S/C16H23N3O3/c1-3-7-19-8-6-12-4-5-13(9-15(12)19)18-16(21)17-10-14(20)11-22-2/h4-6,8-9,14,20H,3,7,10-11H2,1-2H3,(H2,17,18,21). The minimum atomic E-state index is -0.708. The molecular weight excluding hydrogens is 282 g/mol. The normalized spacial score (nSPS) is 12.3. The summed E-state index contributed by atoms with van der Waals surface area (Å²) in [6.45, 7) is 3.42. The van der Waals surface area contributed by atoms with E-state index in [-0.39, 0.29) is 19.2 Å². The molecule has 6 heteroatoms. The van der Waals surface area contributed by atoms with E-state index in [0.29, 0.717) is 0 Å². The molecule has 1 atom stereocenters. The van der Waals surface area contributed by atoms with Gasteiger partial charge in [-0.3, -0.25) is 0 Å².